The first-order chi connectivity index (χ1) is 12.9. The fourth-order valence-corrected chi connectivity index (χ4v) is 4.26. The van der Waals surface area contributed by atoms with Gasteiger partial charge in [0.15, 0.2) is 0 Å². The minimum Gasteiger partial charge on any atom is -0.508 e. The molecule has 1 unspecified atom stereocenters. The van der Waals surface area contributed by atoms with Crippen molar-refractivity contribution in [1.29, 1.82) is 0 Å². The Bertz CT molecular complexity index is 854. The van der Waals surface area contributed by atoms with Crippen molar-refractivity contribution in [3.8, 4) is 23.3 Å². The number of phenolic OH excluding ortho intramolecular Hbond substituents is 1. The predicted molar refractivity (Wildman–Crippen MR) is 107 cm³/mol. The fourth-order valence-electron chi connectivity index (χ4n) is 4.26. The van der Waals surface area contributed by atoms with Crippen molar-refractivity contribution in [2.75, 3.05) is 6.54 Å². The highest BCUT2D eigenvalue weighted by Gasteiger charge is 2.45. The van der Waals surface area contributed by atoms with E-state index in [1.807, 2.05) is 12.1 Å². The number of fused-ring (bicyclic) bond motifs is 3. The van der Waals surface area contributed by atoms with Crippen LogP contribution in [0, 0.1) is 17.8 Å². The van der Waals surface area contributed by atoms with Crippen molar-refractivity contribution in [1.82, 2.24) is 0 Å². The standard InChI is InChI=1S/C22H27N3O2/c1-15-9-10-18-17(12-15)21-19(26)13-16(14-20(21)27-22(18,2)3)8-6-4-5-7-11-24-25-23/h9,13-14,17-18,26H,5,7-8,10-12H2,1-3H3/t17-,18?/m1/s1. The van der Waals surface area contributed by atoms with E-state index in [-0.39, 0.29) is 5.60 Å². The number of unbranched alkanes of at least 4 members (excludes halogenated alkanes) is 1. The summed E-state index contributed by atoms with van der Waals surface area (Å²) in [4.78, 5) is 2.73. The number of nitrogens with zero attached hydrogens (tertiary/aromatic N) is 3. The zero-order chi connectivity index (χ0) is 19.4. The summed E-state index contributed by atoms with van der Waals surface area (Å²) in [7, 11) is 0. The van der Waals surface area contributed by atoms with Crippen LogP contribution in [0.4, 0.5) is 0 Å². The summed E-state index contributed by atoms with van der Waals surface area (Å²) >= 11 is 0. The van der Waals surface area contributed by atoms with Crippen LogP contribution in [-0.4, -0.2) is 17.3 Å². The molecule has 1 N–H and O–H groups in total. The Kier molecular flexibility index (Phi) is 5.68. The molecule has 27 heavy (non-hydrogen) atoms. The third kappa shape index (κ3) is 4.23. The summed E-state index contributed by atoms with van der Waals surface area (Å²) in [5.41, 5.74) is 11.3. The van der Waals surface area contributed by atoms with E-state index in [0.717, 1.165) is 36.1 Å². The lowest BCUT2D eigenvalue weighted by Gasteiger charge is -2.47. The van der Waals surface area contributed by atoms with Gasteiger partial charge in [-0.25, -0.2) is 0 Å². The van der Waals surface area contributed by atoms with Crippen LogP contribution < -0.4 is 4.74 Å². The fraction of sp³-hybridized carbons (Fsp3) is 0.545. The van der Waals surface area contributed by atoms with Crippen molar-refractivity contribution in [3.63, 3.8) is 0 Å². The van der Waals surface area contributed by atoms with E-state index in [4.69, 9.17) is 10.3 Å². The highest BCUT2D eigenvalue weighted by Crippen LogP contribution is 2.54. The molecule has 0 bridgehead atoms. The van der Waals surface area contributed by atoms with Gasteiger partial charge in [0.25, 0.3) is 0 Å². The Hall–Kier alpha value is -2.57. The Balaban J connectivity index is 1.79. The van der Waals surface area contributed by atoms with E-state index < -0.39 is 0 Å². The quantitative estimate of drug-likeness (QED) is 0.187. The molecule has 2 atom stereocenters. The van der Waals surface area contributed by atoms with Gasteiger partial charge in [-0.1, -0.05) is 22.7 Å². The van der Waals surface area contributed by atoms with Crippen LogP contribution >= 0.6 is 0 Å². The van der Waals surface area contributed by atoms with Gasteiger partial charge in [0.05, 0.1) is 0 Å². The van der Waals surface area contributed by atoms with Crippen LogP contribution in [0.1, 0.15) is 63.5 Å². The predicted octanol–water partition coefficient (Wildman–Crippen LogP) is 5.64. The molecule has 1 aromatic rings. The van der Waals surface area contributed by atoms with Gasteiger partial charge < -0.3 is 9.84 Å². The summed E-state index contributed by atoms with van der Waals surface area (Å²) in [6, 6.07) is 3.87. The molecular weight excluding hydrogens is 338 g/mol. The van der Waals surface area contributed by atoms with Crippen molar-refractivity contribution < 1.29 is 9.84 Å². The lowest BCUT2D eigenvalue weighted by molar-refractivity contribution is 0.00754. The molecule has 0 amide bonds. The third-order valence-corrected chi connectivity index (χ3v) is 5.61. The Morgan fingerprint density at radius 3 is 2.96 bits per heavy atom. The van der Waals surface area contributed by atoms with Gasteiger partial charge in [-0.15, -0.1) is 5.92 Å². The largest absolute Gasteiger partial charge is 0.508 e. The molecule has 3 rings (SSSR count). The Morgan fingerprint density at radius 1 is 1.37 bits per heavy atom. The molecule has 1 heterocycles. The van der Waals surface area contributed by atoms with Gasteiger partial charge in [0.2, 0.25) is 0 Å². The first-order valence-electron chi connectivity index (χ1n) is 9.59. The number of ether oxygens (including phenoxy) is 1. The van der Waals surface area contributed by atoms with Gasteiger partial charge in [0, 0.05) is 41.7 Å². The van der Waals surface area contributed by atoms with Crippen LogP contribution in [0.2, 0.25) is 0 Å². The van der Waals surface area contributed by atoms with Crippen LogP contribution in [0.5, 0.6) is 11.5 Å². The van der Waals surface area contributed by atoms with Gasteiger partial charge in [-0.3, -0.25) is 0 Å². The van der Waals surface area contributed by atoms with E-state index in [0.29, 0.717) is 37.0 Å². The molecule has 0 fully saturated rings. The number of rotatable bonds is 4. The lowest BCUT2D eigenvalue weighted by atomic mass is 9.67. The van der Waals surface area contributed by atoms with E-state index >= 15 is 0 Å². The van der Waals surface area contributed by atoms with Crippen molar-refractivity contribution in [3.05, 3.63) is 45.4 Å². The maximum atomic E-state index is 10.7. The van der Waals surface area contributed by atoms with E-state index in [1.165, 1.54) is 5.57 Å². The number of hydrogen-bond donors (Lipinski definition) is 1. The minimum atomic E-state index is -0.257. The number of aromatic hydroxyl groups is 1. The van der Waals surface area contributed by atoms with Crippen LogP contribution in [-0.2, 0) is 6.42 Å². The van der Waals surface area contributed by atoms with Crippen molar-refractivity contribution >= 4 is 0 Å². The number of azide groups is 1. The first kappa shape index (κ1) is 19.2. The minimum absolute atomic E-state index is 0.257. The molecule has 0 saturated carbocycles. The topological polar surface area (TPSA) is 78.2 Å². The second-order valence-corrected chi connectivity index (χ2v) is 8.02. The highest BCUT2D eigenvalue weighted by molar-refractivity contribution is 5.53. The Labute approximate surface area is 161 Å². The molecule has 0 aromatic heterocycles. The average Bonchev–Trinajstić information content (AvgIpc) is 2.59. The number of hydrogen-bond acceptors (Lipinski definition) is 3. The van der Waals surface area contributed by atoms with E-state index in [9.17, 15) is 5.11 Å². The van der Waals surface area contributed by atoms with Crippen LogP contribution in [0.25, 0.3) is 10.4 Å². The van der Waals surface area contributed by atoms with Crippen molar-refractivity contribution in [2.24, 2.45) is 11.0 Å². The highest BCUT2D eigenvalue weighted by atomic mass is 16.5. The summed E-state index contributed by atoms with van der Waals surface area (Å²) in [5.74, 6) is 8.04. The molecule has 0 radical (unpaired) electrons. The molecule has 0 spiro atoms. The van der Waals surface area contributed by atoms with Crippen LogP contribution in [0.3, 0.4) is 0 Å². The SMILES string of the molecule is CC1=CCC2[C@@H](C1)c1c(O)cc(CC#CCCCN=[N+]=[N-])cc1OC2(C)C. The summed E-state index contributed by atoms with van der Waals surface area (Å²) in [5, 5.41) is 14.2. The van der Waals surface area contributed by atoms with Crippen LogP contribution in [0.15, 0.2) is 28.9 Å². The maximum Gasteiger partial charge on any atom is 0.127 e. The number of benzene rings is 1. The molecule has 5 heteroatoms. The van der Waals surface area contributed by atoms with Crippen molar-refractivity contribution in [2.45, 2.75) is 64.4 Å². The second-order valence-electron chi connectivity index (χ2n) is 8.02. The summed E-state index contributed by atoms with van der Waals surface area (Å²) in [6.45, 7) is 6.94. The summed E-state index contributed by atoms with van der Waals surface area (Å²) in [6.07, 6.45) is 6.31. The second kappa shape index (κ2) is 7.98. The third-order valence-electron chi connectivity index (χ3n) is 5.61. The van der Waals surface area contributed by atoms with Gasteiger partial charge in [0.1, 0.15) is 17.1 Å². The molecule has 5 nitrogen and oxygen atoms in total. The zero-order valence-corrected chi connectivity index (χ0v) is 16.3. The molecule has 0 saturated heterocycles. The average molecular weight is 365 g/mol. The number of allylic oxidation sites excluding steroid dienone is 2. The maximum absolute atomic E-state index is 10.7. The normalized spacial score (nSPS) is 22.1. The van der Waals surface area contributed by atoms with Gasteiger partial charge in [-0.05, 0) is 63.3 Å². The first-order valence-corrected chi connectivity index (χ1v) is 9.59. The Morgan fingerprint density at radius 2 is 2.19 bits per heavy atom. The molecule has 142 valence electrons. The monoisotopic (exact) mass is 365 g/mol. The van der Waals surface area contributed by atoms with E-state index in [1.54, 1.807) is 0 Å². The summed E-state index contributed by atoms with van der Waals surface area (Å²) < 4.78 is 6.33. The molecule has 1 aliphatic heterocycles. The van der Waals surface area contributed by atoms with E-state index in [2.05, 4.69) is 48.7 Å². The zero-order valence-electron chi connectivity index (χ0n) is 16.3. The smallest absolute Gasteiger partial charge is 0.127 e. The van der Waals surface area contributed by atoms with Gasteiger partial charge >= 0.3 is 0 Å². The molecule has 1 aliphatic carbocycles. The molecular formula is C22H27N3O2. The molecule has 2 aliphatic rings. The van der Waals surface area contributed by atoms with Gasteiger partial charge in [-0.2, -0.15) is 0 Å². The lowest BCUT2D eigenvalue weighted by Crippen LogP contribution is -2.45. The number of phenols is 1. The molecule has 1 aromatic carbocycles.